The normalized spacial score (nSPS) is 10.9. The van der Waals surface area contributed by atoms with Crippen LogP contribution < -0.4 is 10.1 Å². The first-order valence-corrected chi connectivity index (χ1v) is 10.8. The highest BCUT2D eigenvalue weighted by Gasteiger charge is 2.17. The molecular weight excluding hydrogens is 436 g/mol. The Kier molecular flexibility index (Phi) is 7.63. The molecule has 0 unspecified atom stereocenters. The molecule has 0 saturated heterocycles. The van der Waals surface area contributed by atoms with Crippen LogP contribution in [0.25, 0.3) is 0 Å². The molecule has 0 aliphatic heterocycles. The van der Waals surface area contributed by atoms with E-state index in [1.807, 2.05) is 12.1 Å². The van der Waals surface area contributed by atoms with Crippen LogP contribution in [-0.4, -0.2) is 23.4 Å². The standard InChI is InChI=1S/C26H26N2O6/c1-4-26(2,3)19-7-13-22(14-8-19)34-23-15-9-20(10-16-23)27-24(29)17-33-25(30)18-5-11-21(12-6-18)28(31)32/h5-16H,4,17H2,1-3H3,(H,27,29). The number of benzene rings is 3. The van der Waals surface area contributed by atoms with E-state index in [2.05, 4.69) is 38.2 Å². The lowest BCUT2D eigenvalue weighted by Crippen LogP contribution is -2.20. The van der Waals surface area contributed by atoms with Crippen molar-refractivity contribution < 1.29 is 24.0 Å². The number of carbonyl (C=O) groups is 2. The summed E-state index contributed by atoms with van der Waals surface area (Å²) in [7, 11) is 0. The maximum Gasteiger partial charge on any atom is 0.338 e. The van der Waals surface area contributed by atoms with Gasteiger partial charge in [-0.1, -0.05) is 32.9 Å². The van der Waals surface area contributed by atoms with Crippen molar-refractivity contribution >= 4 is 23.3 Å². The van der Waals surface area contributed by atoms with E-state index in [-0.39, 0.29) is 16.7 Å². The second-order valence-corrected chi connectivity index (χ2v) is 8.32. The number of anilines is 1. The Morgan fingerprint density at radius 3 is 2.00 bits per heavy atom. The molecule has 0 aromatic heterocycles. The number of hydrogen-bond acceptors (Lipinski definition) is 6. The summed E-state index contributed by atoms with van der Waals surface area (Å²) in [5.41, 5.74) is 1.85. The molecule has 0 radical (unpaired) electrons. The summed E-state index contributed by atoms with van der Waals surface area (Å²) in [6.45, 7) is 6.07. The molecule has 3 rings (SSSR count). The fourth-order valence-corrected chi connectivity index (χ4v) is 3.05. The Morgan fingerprint density at radius 1 is 0.912 bits per heavy atom. The molecule has 3 aromatic rings. The van der Waals surface area contributed by atoms with E-state index in [1.165, 1.54) is 29.8 Å². The van der Waals surface area contributed by atoms with Crippen LogP contribution in [0.15, 0.2) is 72.8 Å². The average molecular weight is 463 g/mol. The van der Waals surface area contributed by atoms with Crippen LogP contribution in [-0.2, 0) is 14.9 Å². The molecule has 0 fully saturated rings. The first-order valence-electron chi connectivity index (χ1n) is 10.8. The molecule has 8 heteroatoms. The Hall–Kier alpha value is -4.20. The molecule has 1 N–H and O–H groups in total. The quantitative estimate of drug-likeness (QED) is 0.242. The van der Waals surface area contributed by atoms with E-state index in [0.717, 1.165) is 6.42 Å². The summed E-state index contributed by atoms with van der Waals surface area (Å²) >= 11 is 0. The highest BCUT2D eigenvalue weighted by Crippen LogP contribution is 2.30. The smallest absolute Gasteiger partial charge is 0.338 e. The largest absolute Gasteiger partial charge is 0.457 e. The summed E-state index contributed by atoms with van der Waals surface area (Å²) in [4.78, 5) is 34.2. The van der Waals surface area contributed by atoms with Crippen molar-refractivity contribution in [3.05, 3.63) is 94.0 Å². The van der Waals surface area contributed by atoms with Gasteiger partial charge in [0.2, 0.25) is 0 Å². The second-order valence-electron chi connectivity index (χ2n) is 8.32. The van der Waals surface area contributed by atoms with E-state index in [9.17, 15) is 19.7 Å². The summed E-state index contributed by atoms with van der Waals surface area (Å²) in [6.07, 6.45) is 1.04. The molecule has 3 aromatic carbocycles. The van der Waals surface area contributed by atoms with Crippen molar-refractivity contribution in [1.29, 1.82) is 0 Å². The van der Waals surface area contributed by atoms with Crippen LogP contribution in [0, 0.1) is 10.1 Å². The van der Waals surface area contributed by atoms with E-state index in [1.54, 1.807) is 24.3 Å². The fraction of sp³-hybridized carbons (Fsp3) is 0.231. The van der Waals surface area contributed by atoms with Crippen molar-refractivity contribution in [3.63, 3.8) is 0 Å². The second kappa shape index (κ2) is 10.6. The number of amides is 1. The van der Waals surface area contributed by atoms with Gasteiger partial charge in [-0.15, -0.1) is 0 Å². The van der Waals surface area contributed by atoms with Gasteiger partial charge in [-0.3, -0.25) is 14.9 Å². The number of nitro benzene ring substituents is 1. The lowest BCUT2D eigenvalue weighted by Gasteiger charge is -2.23. The number of nitrogens with one attached hydrogen (secondary N) is 1. The summed E-state index contributed by atoms with van der Waals surface area (Å²) in [5.74, 6) is 0.0656. The number of esters is 1. The maximum absolute atomic E-state index is 12.1. The van der Waals surface area contributed by atoms with E-state index in [0.29, 0.717) is 17.2 Å². The Balaban J connectivity index is 1.49. The third kappa shape index (κ3) is 6.41. The van der Waals surface area contributed by atoms with Crippen molar-refractivity contribution in [3.8, 4) is 11.5 Å². The number of rotatable bonds is 9. The molecule has 0 saturated carbocycles. The van der Waals surface area contributed by atoms with Crippen molar-refractivity contribution in [2.75, 3.05) is 11.9 Å². The van der Waals surface area contributed by atoms with E-state index < -0.39 is 23.4 Å². The van der Waals surface area contributed by atoms with E-state index in [4.69, 9.17) is 9.47 Å². The van der Waals surface area contributed by atoms with Gasteiger partial charge in [-0.25, -0.2) is 4.79 Å². The average Bonchev–Trinajstić information content (AvgIpc) is 2.84. The predicted molar refractivity (Wildman–Crippen MR) is 128 cm³/mol. The zero-order valence-electron chi connectivity index (χ0n) is 19.2. The van der Waals surface area contributed by atoms with Crippen LogP contribution >= 0.6 is 0 Å². The molecular formula is C26H26N2O6. The predicted octanol–water partition coefficient (Wildman–Crippen LogP) is 5.87. The zero-order chi connectivity index (χ0) is 24.7. The highest BCUT2D eigenvalue weighted by atomic mass is 16.6. The van der Waals surface area contributed by atoms with Gasteiger partial charge in [0.05, 0.1) is 10.5 Å². The van der Waals surface area contributed by atoms with Gasteiger partial charge in [0.1, 0.15) is 11.5 Å². The van der Waals surface area contributed by atoms with Gasteiger partial charge in [0.15, 0.2) is 6.61 Å². The van der Waals surface area contributed by atoms with Crippen LogP contribution in [0.2, 0.25) is 0 Å². The zero-order valence-corrected chi connectivity index (χ0v) is 19.2. The van der Waals surface area contributed by atoms with Gasteiger partial charge in [0.25, 0.3) is 11.6 Å². The van der Waals surface area contributed by atoms with Crippen LogP contribution in [0.4, 0.5) is 11.4 Å². The van der Waals surface area contributed by atoms with Gasteiger partial charge in [-0.05, 0) is 65.9 Å². The first kappa shape index (κ1) is 24.4. The molecule has 0 bridgehead atoms. The minimum absolute atomic E-state index is 0.106. The molecule has 8 nitrogen and oxygen atoms in total. The number of ether oxygens (including phenoxy) is 2. The molecule has 176 valence electrons. The van der Waals surface area contributed by atoms with E-state index >= 15 is 0 Å². The Morgan fingerprint density at radius 2 is 1.47 bits per heavy atom. The lowest BCUT2D eigenvalue weighted by molar-refractivity contribution is -0.384. The molecule has 0 spiro atoms. The summed E-state index contributed by atoms with van der Waals surface area (Å²) in [5, 5.41) is 13.3. The molecule has 0 aliphatic rings. The minimum Gasteiger partial charge on any atom is -0.457 e. The highest BCUT2D eigenvalue weighted by molar-refractivity contribution is 5.95. The summed E-state index contributed by atoms with van der Waals surface area (Å²) < 4.78 is 10.8. The third-order valence-electron chi connectivity index (χ3n) is 5.54. The van der Waals surface area contributed by atoms with Gasteiger partial charge in [0, 0.05) is 17.8 Å². The molecule has 1 amide bonds. The van der Waals surface area contributed by atoms with Crippen LogP contribution in [0.5, 0.6) is 11.5 Å². The molecule has 0 heterocycles. The summed E-state index contributed by atoms with van der Waals surface area (Å²) in [6, 6.07) is 19.7. The van der Waals surface area contributed by atoms with Gasteiger partial charge < -0.3 is 14.8 Å². The number of hydrogen-bond donors (Lipinski definition) is 1. The molecule has 0 aliphatic carbocycles. The van der Waals surface area contributed by atoms with Gasteiger partial charge in [-0.2, -0.15) is 0 Å². The third-order valence-corrected chi connectivity index (χ3v) is 5.54. The lowest BCUT2D eigenvalue weighted by atomic mass is 9.82. The van der Waals surface area contributed by atoms with Crippen LogP contribution in [0.3, 0.4) is 0 Å². The number of carbonyl (C=O) groups excluding carboxylic acids is 2. The monoisotopic (exact) mass is 462 g/mol. The molecule has 34 heavy (non-hydrogen) atoms. The Labute approximate surface area is 197 Å². The minimum atomic E-state index is -0.748. The van der Waals surface area contributed by atoms with Crippen LogP contribution in [0.1, 0.15) is 43.1 Å². The van der Waals surface area contributed by atoms with Crippen molar-refractivity contribution in [2.24, 2.45) is 0 Å². The number of nitro groups is 1. The van der Waals surface area contributed by atoms with Crippen molar-refractivity contribution in [2.45, 2.75) is 32.6 Å². The fourth-order valence-electron chi connectivity index (χ4n) is 3.05. The number of nitrogens with zero attached hydrogens (tertiary/aromatic N) is 1. The van der Waals surface area contributed by atoms with Crippen molar-refractivity contribution in [1.82, 2.24) is 0 Å². The maximum atomic E-state index is 12.1. The number of non-ortho nitro benzene ring substituents is 1. The molecule has 0 atom stereocenters. The van der Waals surface area contributed by atoms with Gasteiger partial charge >= 0.3 is 5.97 Å². The SMILES string of the molecule is CCC(C)(C)c1ccc(Oc2ccc(NC(=O)COC(=O)c3ccc([N+](=O)[O-])cc3)cc2)cc1. The Bertz CT molecular complexity index is 1150. The first-order chi connectivity index (χ1) is 16.2. The topological polar surface area (TPSA) is 108 Å².